The van der Waals surface area contributed by atoms with Crippen LogP contribution in [0.5, 0.6) is 11.5 Å². The van der Waals surface area contributed by atoms with Gasteiger partial charge < -0.3 is 14.6 Å². The molecule has 0 radical (unpaired) electrons. The van der Waals surface area contributed by atoms with Crippen LogP contribution in [0.4, 0.5) is 0 Å². The normalized spacial score (nSPS) is 12.5. The highest BCUT2D eigenvalue weighted by Gasteiger charge is 2.18. The number of hydrogen-bond donors (Lipinski definition) is 1. The smallest absolute Gasteiger partial charge is 0.231 e. The first kappa shape index (κ1) is 18.4. The van der Waals surface area contributed by atoms with Crippen molar-refractivity contribution in [2.75, 3.05) is 6.79 Å². The second-order valence-electron chi connectivity index (χ2n) is 5.77. The first-order valence-corrected chi connectivity index (χ1v) is 8.36. The maximum absolute atomic E-state index is 11.9. The summed E-state index contributed by atoms with van der Waals surface area (Å²) in [5, 5.41) is 9.89. The summed E-state index contributed by atoms with van der Waals surface area (Å²) in [7, 11) is 0. The Kier molecular flexibility index (Phi) is 5.97. The minimum atomic E-state index is -1.08. The molecule has 0 saturated carbocycles. The topological polar surface area (TPSA) is 72.8 Å². The van der Waals surface area contributed by atoms with Crippen molar-refractivity contribution in [1.82, 2.24) is 0 Å². The van der Waals surface area contributed by atoms with Crippen molar-refractivity contribution in [3.8, 4) is 11.5 Å². The van der Waals surface area contributed by atoms with Gasteiger partial charge in [0.05, 0.1) is 0 Å². The average molecular weight is 362 g/mol. The monoisotopic (exact) mass is 362 g/mol. The van der Waals surface area contributed by atoms with Gasteiger partial charge in [-0.05, 0) is 23.8 Å². The molecule has 0 saturated heterocycles. The van der Waals surface area contributed by atoms with Gasteiger partial charge in [0.1, 0.15) is 12.4 Å². The highest BCUT2D eigenvalue weighted by molar-refractivity contribution is 5.99. The minimum Gasteiger partial charge on any atom is -0.454 e. The number of hydrogen-bond acceptors (Lipinski definition) is 5. The van der Waals surface area contributed by atoms with Gasteiger partial charge in [-0.1, -0.05) is 60.7 Å². The summed E-state index contributed by atoms with van der Waals surface area (Å²) in [6, 6.07) is 22.8. The van der Waals surface area contributed by atoms with Crippen molar-refractivity contribution in [2.24, 2.45) is 0 Å². The summed E-state index contributed by atoms with van der Waals surface area (Å²) in [4.78, 5) is 22.2. The molecule has 0 fully saturated rings. The van der Waals surface area contributed by atoms with Crippen molar-refractivity contribution in [2.45, 2.75) is 6.10 Å². The molecule has 27 heavy (non-hydrogen) atoms. The largest absolute Gasteiger partial charge is 0.454 e. The Morgan fingerprint density at radius 2 is 1.52 bits per heavy atom. The van der Waals surface area contributed by atoms with Crippen LogP contribution in [-0.4, -0.2) is 24.0 Å². The third kappa shape index (κ3) is 4.59. The van der Waals surface area contributed by atoms with Crippen LogP contribution >= 0.6 is 0 Å². The Morgan fingerprint density at radius 3 is 2.19 bits per heavy atom. The van der Waals surface area contributed by atoms with Crippen LogP contribution in [0.25, 0.3) is 0 Å². The number of carbonyl (C=O) groups is 2. The van der Waals surface area contributed by atoms with Crippen molar-refractivity contribution in [3.05, 3.63) is 95.6 Å². The van der Waals surface area contributed by atoms with E-state index in [1.165, 1.54) is 0 Å². The molecule has 5 nitrogen and oxygen atoms in total. The van der Waals surface area contributed by atoms with Gasteiger partial charge in [-0.2, -0.15) is 0 Å². The number of aliphatic hydroxyl groups excluding tert-OH is 1. The van der Waals surface area contributed by atoms with Crippen molar-refractivity contribution in [1.29, 1.82) is 0 Å². The summed E-state index contributed by atoms with van der Waals surface area (Å²) in [6.45, 7) is 0.248. The van der Waals surface area contributed by atoms with E-state index in [-0.39, 0.29) is 12.6 Å². The molecule has 1 aliphatic rings. The molecule has 1 aliphatic heterocycles. The van der Waals surface area contributed by atoms with Gasteiger partial charge in [-0.25, -0.2) is 0 Å². The maximum Gasteiger partial charge on any atom is 0.231 e. The number of rotatable bonds is 4. The van der Waals surface area contributed by atoms with E-state index >= 15 is 0 Å². The fourth-order valence-electron chi connectivity index (χ4n) is 2.53. The molecule has 0 bridgehead atoms. The van der Waals surface area contributed by atoms with Crippen LogP contribution in [-0.2, 0) is 0 Å². The van der Waals surface area contributed by atoms with Crippen LogP contribution in [0, 0.1) is 0 Å². The van der Waals surface area contributed by atoms with Gasteiger partial charge in [0.15, 0.2) is 17.3 Å². The third-order valence-corrected chi connectivity index (χ3v) is 3.95. The molecule has 3 aromatic rings. The Morgan fingerprint density at radius 1 is 0.889 bits per heavy atom. The molecule has 1 heterocycles. The number of ketones is 1. The summed E-state index contributed by atoms with van der Waals surface area (Å²) >= 11 is 0. The van der Waals surface area contributed by atoms with E-state index in [4.69, 9.17) is 9.47 Å². The molecule has 0 amide bonds. The molecular formula is C22H18O5. The van der Waals surface area contributed by atoms with Gasteiger partial charge in [0, 0.05) is 11.1 Å². The Labute approximate surface area is 156 Å². The summed E-state index contributed by atoms with van der Waals surface area (Å²) in [6.07, 6.45) is -0.300. The SMILES string of the molecule is O=C(c1ccccc1)C(O)c1ccccc1.O=Cc1ccc2c(c1)OCO2. The van der Waals surface area contributed by atoms with Crippen LogP contribution in [0.2, 0.25) is 0 Å². The molecule has 136 valence electrons. The number of ether oxygens (including phenoxy) is 2. The van der Waals surface area contributed by atoms with Gasteiger partial charge in [0.25, 0.3) is 0 Å². The molecule has 0 aromatic heterocycles. The van der Waals surface area contributed by atoms with E-state index in [2.05, 4.69) is 0 Å². The van der Waals surface area contributed by atoms with E-state index in [9.17, 15) is 14.7 Å². The number of carbonyl (C=O) groups excluding carboxylic acids is 2. The molecule has 0 aliphatic carbocycles. The molecule has 5 heteroatoms. The van der Waals surface area contributed by atoms with Crippen molar-refractivity contribution in [3.63, 3.8) is 0 Å². The van der Waals surface area contributed by atoms with Gasteiger partial charge in [0.2, 0.25) is 6.79 Å². The van der Waals surface area contributed by atoms with Gasteiger partial charge in [-0.15, -0.1) is 0 Å². The fraction of sp³-hybridized carbons (Fsp3) is 0.0909. The highest BCUT2D eigenvalue weighted by atomic mass is 16.7. The summed E-state index contributed by atoms with van der Waals surface area (Å²) in [5.41, 5.74) is 1.75. The summed E-state index contributed by atoms with van der Waals surface area (Å²) in [5.74, 6) is 1.08. The molecule has 1 atom stereocenters. The first-order valence-electron chi connectivity index (χ1n) is 8.36. The first-order chi connectivity index (χ1) is 13.2. The maximum atomic E-state index is 11.9. The molecule has 3 aromatic carbocycles. The number of aldehydes is 1. The second kappa shape index (κ2) is 8.78. The fourth-order valence-corrected chi connectivity index (χ4v) is 2.53. The second-order valence-corrected chi connectivity index (χ2v) is 5.77. The molecule has 1 N–H and O–H groups in total. The number of benzene rings is 3. The zero-order valence-corrected chi connectivity index (χ0v) is 14.4. The molecular weight excluding hydrogens is 344 g/mol. The predicted molar refractivity (Wildman–Crippen MR) is 100 cm³/mol. The van der Waals surface area contributed by atoms with E-state index < -0.39 is 6.10 Å². The molecule has 4 rings (SSSR count). The van der Waals surface area contributed by atoms with E-state index in [1.807, 2.05) is 12.1 Å². The van der Waals surface area contributed by atoms with Crippen LogP contribution in [0.3, 0.4) is 0 Å². The Bertz CT molecular complexity index is 907. The number of aliphatic hydroxyl groups is 1. The summed E-state index contributed by atoms with van der Waals surface area (Å²) < 4.78 is 10.1. The zero-order chi connectivity index (χ0) is 19.1. The number of Topliss-reactive ketones (excluding diaryl/α,β-unsaturated/α-hetero) is 1. The minimum absolute atomic E-state index is 0.248. The standard InChI is InChI=1S/C14H12O2.C8H6O3/c15-13(11-7-3-1-4-8-11)14(16)12-9-5-2-6-10-12;9-4-6-1-2-7-8(3-6)11-5-10-7/h1-10,13,15H;1-4H,5H2. The average Bonchev–Trinajstić information content (AvgIpc) is 3.22. The van der Waals surface area contributed by atoms with Crippen LogP contribution < -0.4 is 9.47 Å². The predicted octanol–water partition coefficient (Wildman–Crippen LogP) is 3.83. The Hall–Kier alpha value is -3.44. The third-order valence-electron chi connectivity index (χ3n) is 3.95. The van der Waals surface area contributed by atoms with Crippen LogP contribution in [0.15, 0.2) is 78.9 Å². The van der Waals surface area contributed by atoms with Crippen molar-refractivity contribution >= 4 is 12.1 Å². The molecule has 0 spiro atoms. The lowest BCUT2D eigenvalue weighted by Gasteiger charge is -2.09. The van der Waals surface area contributed by atoms with Gasteiger partial charge >= 0.3 is 0 Å². The van der Waals surface area contributed by atoms with Crippen LogP contribution in [0.1, 0.15) is 32.4 Å². The van der Waals surface area contributed by atoms with E-state index in [0.29, 0.717) is 28.2 Å². The zero-order valence-electron chi connectivity index (χ0n) is 14.4. The van der Waals surface area contributed by atoms with E-state index in [0.717, 1.165) is 6.29 Å². The lowest BCUT2D eigenvalue weighted by atomic mass is 10.0. The van der Waals surface area contributed by atoms with Gasteiger partial charge in [-0.3, -0.25) is 9.59 Å². The number of fused-ring (bicyclic) bond motifs is 1. The lowest BCUT2D eigenvalue weighted by molar-refractivity contribution is 0.0747. The Balaban J connectivity index is 0.000000166. The lowest BCUT2D eigenvalue weighted by Crippen LogP contribution is -2.11. The highest BCUT2D eigenvalue weighted by Crippen LogP contribution is 2.31. The van der Waals surface area contributed by atoms with Crippen molar-refractivity contribution < 1.29 is 24.2 Å². The molecule has 1 unspecified atom stereocenters. The quantitative estimate of drug-likeness (QED) is 0.564. The van der Waals surface area contributed by atoms with E-state index in [1.54, 1.807) is 66.7 Å².